The van der Waals surface area contributed by atoms with Gasteiger partial charge in [-0.1, -0.05) is 0 Å². The number of hydrogen-bond donors (Lipinski definition) is 1. The number of rotatable bonds is 2. The van der Waals surface area contributed by atoms with Crippen LogP contribution in [0.25, 0.3) is 16.0 Å². The topological polar surface area (TPSA) is 78.9 Å². The minimum Gasteiger partial charge on any atom is -0.391 e. The maximum absolute atomic E-state index is 8.39. The van der Waals surface area contributed by atoms with E-state index in [2.05, 4.69) is 21.1 Å². The second-order valence-electron chi connectivity index (χ2n) is 2.83. The third-order valence-corrected chi connectivity index (χ3v) is 0.771. The molecule has 10 heavy (non-hydrogen) atoms. The maximum atomic E-state index is 8.39. The molecule has 0 aromatic carbocycles. The third kappa shape index (κ3) is 26.9. The lowest BCUT2D eigenvalue weighted by molar-refractivity contribution is -0.870. The van der Waals surface area contributed by atoms with E-state index in [1.165, 1.54) is 4.91 Å². The van der Waals surface area contributed by atoms with Gasteiger partial charge in [-0.05, 0) is 0 Å². The fourth-order valence-corrected chi connectivity index (χ4v) is 0.300. The molecular weight excluding hydrogens is 132 g/mol. The number of likely N-dealkylation sites (N-methyl/N-ethyl adjacent to an activating group) is 1. The largest absolute Gasteiger partial charge is 0.391 e. The molecule has 0 amide bonds. The number of aliphatic hydroxyl groups excluding tert-OH is 1. The first-order valence-corrected chi connectivity index (χ1v) is 2.87. The summed E-state index contributed by atoms with van der Waals surface area (Å²) in [4.78, 5) is 1.50. The van der Waals surface area contributed by atoms with Crippen LogP contribution in [0.3, 0.4) is 0 Å². The van der Waals surface area contributed by atoms with Gasteiger partial charge in [0.15, 0.2) is 0 Å². The predicted octanol–water partition coefficient (Wildman–Crippen LogP) is 0.551. The van der Waals surface area contributed by atoms with Gasteiger partial charge in [0.25, 0.3) is 0 Å². The smallest absolute Gasteiger partial charge is 0.101 e. The minimum atomic E-state index is 0.281. The molecule has 0 spiro atoms. The molecule has 1 N–H and O–H groups in total. The van der Waals surface area contributed by atoms with Gasteiger partial charge in [-0.2, -0.15) is 0 Å². The molecule has 0 aliphatic carbocycles. The quantitative estimate of drug-likeness (QED) is 0.262. The Morgan fingerprint density at radius 3 is 1.60 bits per heavy atom. The Bertz CT molecular complexity index is 101. The van der Waals surface area contributed by atoms with Gasteiger partial charge in [0.2, 0.25) is 0 Å². The number of nitrogens with zero attached hydrogens (tertiary/aromatic N) is 4. The van der Waals surface area contributed by atoms with E-state index < -0.39 is 0 Å². The molecule has 0 aromatic rings. The Balaban J connectivity index is 0. The van der Waals surface area contributed by atoms with Crippen LogP contribution in [0.5, 0.6) is 0 Å². The molecule has 60 valence electrons. The van der Waals surface area contributed by atoms with Crippen molar-refractivity contribution in [2.24, 2.45) is 0 Å². The molecular formula is C5H14N4O. The first-order chi connectivity index (χ1) is 4.47. The van der Waals surface area contributed by atoms with Crippen molar-refractivity contribution in [1.29, 1.82) is 0 Å². The van der Waals surface area contributed by atoms with Crippen molar-refractivity contribution < 1.29 is 9.59 Å². The van der Waals surface area contributed by atoms with Gasteiger partial charge >= 0.3 is 0 Å². The molecule has 0 fully saturated rings. The molecule has 0 aliphatic rings. The zero-order valence-electron chi connectivity index (χ0n) is 6.65. The molecule has 0 aliphatic heterocycles. The first kappa shape index (κ1) is 12.0. The molecule has 5 nitrogen and oxygen atoms in total. The average Bonchev–Trinajstić information content (AvgIpc) is 1.63. The molecule has 0 unspecified atom stereocenters. The van der Waals surface area contributed by atoms with Crippen LogP contribution in [0.1, 0.15) is 0 Å². The molecule has 0 heterocycles. The standard InChI is InChI=1S/C5H14NO.N3/c1-6(2,3)4-5-7;1-3-2/h7H,4-5H2,1-3H3;/q+1;-1. The fourth-order valence-electron chi connectivity index (χ4n) is 0.300. The van der Waals surface area contributed by atoms with Crippen molar-refractivity contribution in [3.05, 3.63) is 16.0 Å². The zero-order valence-corrected chi connectivity index (χ0v) is 6.65. The molecule has 0 aromatic heterocycles. The monoisotopic (exact) mass is 146 g/mol. The summed E-state index contributed by atoms with van der Waals surface area (Å²) in [5.74, 6) is 0. The van der Waals surface area contributed by atoms with Gasteiger partial charge in [-0.15, -0.1) is 0 Å². The Labute approximate surface area is 60.9 Å². The minimum absolute atomic E-state index is 0.281. The second kappa shape index (κ2) is 6.35. The Morgan fingerprint density at radius 2 is 1.60 bits per heavy atom. The summed E-state index contributed by atoms with van der Waals surface area (Å²) in [7, 11) is 6.16. The van der Waals surface area contributed by atoms with E-state index >= 15 is 0 Å². The van der Waals surface area contributed by atoms with Crippen molar-refractivity contribution in [2.45, 2.75) is 0 Å². The molecule has 0 atom stereocenters. The summed E-state index contributed by atoms with van der Waals surface area (Å²) in [6.45, 7) is 1.11. The van der Waals surface area contributed by atoms with E-state index in [0.29, 0.717) is 0 Å². The lowest BCUT2D eigenvalue weighted by atomic mass is 10.5. The number of quaternary nitrogens is 1. The maximum Gasteiger partial charge on any atom is 0.101 e. The predicted molar refractivity (Wildman–Crippen MR) is 40.1 cm³/mol. The highest BCUT2D eigenvalue weighted by atomic mass is 16.3. The van der Waals surface area contributed by atoms with Gasteiger partial charge in [0.05, 0.1) is 27.7 Å². The van der Waals surface area contributed by atoms with Crippen LogP contribution in [-0.4, -0.2) is 43.9 Å². The van der Waals surface area contributed by atoms with E-state index in [1.54, 1.807) is 0 Å². The van der Waals surface area contributed by atoms with Crippen molar-refractivity contribution in [2.75, 3.05) is 34.3 Å². The van der Waals surface area contributed by atoms with Crippen LogP contribution in [0.15, 0.2) is 0 Å². The van der Waals surface area contributed by atoms with E-state index in [1.807, 2.05) is 0 Å². The van der Waals surface area contributed by atoms with Crippen LogP contribution in [0.2, 0.25) is 0 Å². The van der Waals surface area contributed by atoms with Crippen LogP contribution < -0.4 is 0 Å². The average molecular weight is 146 g/mol. The summed E-state index contributed by atoms with van der Waals surface area (Å²) in [5.41, 5.74) is 13.5. The van der Waals surface area contributed by atoms with Crippen molar-refractivity contribution in [3.63, 3.8) is 0 Å². The summed E-state index contributed by atoms with van der Waals surface area (Å²) >= 11 is 0. The van der Waals surface area contributed by atoms with Crippen LogP contribution in [-0.2, 0) is 0 Å². The van der Waals surface area contributed by atoms with E-state index in [9.17, 15) is 0 Å². The van der Waals surface area contributed by atoms with Gasteiger partial charge in [0, 0.05) is 0 Å². The highest BCUT2D eigenvalue weighted by Gasteiger charge is 2.02. The van der Waals surface area contributed by atoms with Crippen molar-refractivity contribution >= 4 is 0 Å². The summed E-state index contributed by atoms with van der Waals surface area (Å²) < 4.78 is 0.844. The second-order valence-corrected chi connectivity index (χ2v) is 2.83. The van der Waals surface area contributed by atoms with Gasteiger partial charge < -0.3 is 20.7 Å². The van der Waals surface area contributed by atoms with E-state index in [4.69, 9.17) is 16.2 Å². The van der Waals surface area contributed by atoms with Gasteiger partial charge in [0.1, 0.15) is 6.54 Å². The highest BCUT2D eigenvalue weighted by molar-refractivity contribution is 4.36. The normalized spacial score (nSPS) is 9.20. The first-order valence-electron chi connectivity index (χ1n) is 2.87. The Kier molecular flexibility index (Phi) is 7.60. The van der Waals surface area contributed by atoms with Gasteiger partial charge in [-0.25, -0.2) is 0 Å². The third-order valence-electron chi connectivity index (χ3n) is 0.771. The van der Waals surface area contributed by atoms with Gasteiger partial charge in [-0.3, -0.25) is 4.91 Å². The van der Waals surface area contributed by atoms with E-state index in [-0.39, 0.29) is 6.61 Å². The Morgan fingerprint density at radius 1 is 1.30 bits per heavy atom. The molecule has 0 rings (SSSR count). The lowest BCUT2D eigenvalue weighted by Gasteiger charge is -2.21. The SMILES string of the molecule is C[N+](C)(C)CCO.[N-]=[N+]=[N-]. The summed E-state index contributed by atoms with van der Waals surface area (Å²) in [6.07, 6.45) is 0. The number of aliphatic hydroxyl groups is 1. The van der Waals surface area contributed by atoms with E-state index in [0.717, 1.165) is 11.0 Å². The van der Waals surface area contributed by atoms with Crippen molar-refractivity contribution in [3.8, 4) is 0 Å². The molecule has 0 saturated carbocycles. The van der Waals surface area contributed by atoms with Crippen LogP contribution >= 0.6 is 0 Å². The lowest BCUT2D eigenvalue weighted by Crippen LogP contribution is -2.36. The molecule has 0 radical (unpaired) electrons. The zero-order chi connectivity index (χ0) is 8.62. The van der Waals surface area contributed by atoms with Crippen molar-refractivity contribution in [1.82, 2.24) is 0 Å². The molecule has 0 saturated heterocycles. The fraction of sp³-hybridized carbons (Fsp3) is 1.00. The van der Waals surface area contributed by atoms with Crippen LogP contribution in [0, 0.1) is 0 Å². The summed E-state index contributed by atoms with van der Waals surface area (Å²) in [6, 6.07) is 0. The Hall–Kier alpha value is -0.770. The molecule has 0 bridgehead atoms. The summed E-state index contributed by atoms with van der Waals surface area (Å²) in [5, 5.41) is 8.39. The number of hydrogen-bond acceptors (Lipinski definition) is 1. The molecule has 5 heteroatoms. The van der Waals surface area contributed by atoms with Crippen LogP contribution in [0.4, 0.5) is 0 Å². The highest BCUT2D eigenvalue weighted by Crippen LogP contribution is 1.84.